The molecule has 0 aliphatic carbocycles. The minimum absolute atomic E-state index is 0.0417. The first-order chi connectivity index (χ1) is 15.8. The second-order valence-electron chi connectivity index (χ2n) is 8.39. The van der Waals surface area contributed by atoms with E-state index in [9.17, 15) is 14.7 Å². The van der Waals surface area contributed by atoms with Crippen molar-refractivity contribution in [1.82, 2.24) is 20.3 Å². The number of carbonyl (C=O) groups is 2. The van der Waals surface area contributed by atoms with E-state index in [1.165, 1.54) is 17.5 Å². The van der Waals surface area contributed by atoms with Crippen LogP contribution in [0, 0.1) is 11.8 Å². The highest BCUT2D eigenvalue weighted by atomic mass is 32.1. The number of rotatable bonds is 11. The molecule has 0 aliphatic heterocycles. The number of ether oxygens (including phenoxy) is 1. The Balaban J connectivity index is 1.69. The number of aromatic nitrogens is 3. The lowest BCUT2D eigenvalue weighted by Gasteiger charge is -2.26. The molecule has 3 atom stereocenters. The van der Waals surface area contributed by atoms with Crippen molar-refractivity contribution < 1.29 is 19.4 Å². The molecule has 3 aromatic rings. The summed E-state index contributed by atoms with van der Waals surface area (Å²) in [7, 11) is 0. The van der Waals surface area contributed by atoms with Crippen LogP contribution in [0.1, 0.15) is 38.8 Å². The molecule has 0 saturated heterocycles. The molecule has 0 fully saturated rings. The van der Waals surface area contributed by atoms with Gasteiger partial charge in [-0.3, -0.25) is 4.79 Å². The van der Waals surface area contributed by atoms with Crippen molar-refractivity contribution >= 4 is 34.4 Å². The number of carbonyl (C=O) groups excluding carboxylic acids is 2. The summed E-state index contributed by atoms with van der Waals surface area (Å²) in [5.41, 5.74) is 9.24. The summed E-state index contributed by atoms with van der Waals surface area (Å²) in [6.07, 6.45) is 1.36. The van der Waals surface area contributed by atoms with Crippen LogP contribution in [0.3, 0.4) is 0 Å². The largest absolute Gasteiger partial charge is 0.414 e. The normalized spacial score (nSPS) is 14.1. The number of primary amides is 1. The van der Waals surface area contributed by atoms with Crippen LogP contribution in [0.5, 0.6) is 5.88 Å². The number of para-hydroxylation sites is 2. The highest BCUT2D eigenvalue weighted by Crippen LogP contribution is 2.20. The molecule has 33 heavy (non-hydrogen) atoms. The highest BCUT2D eigenvalue weighted by Gasteiger charge is 2.28. The SMILES string of the molecule is CC(C)CC[C@H](C[C@H](O)[C@H](Cc1cscn1)NC(=O)Oc1cnc2ccccc2n1)C(N)=O. The van der Waals surface area contributed by atoms with Gasteiger partial charge in [0.15, 0.2) is 0 Å². The summed E-state index contributed by atoms with van der Waals surface area (Å²) < 4.78 is 5.31. The van der Waals surface area contributed by atoms with E-state index in [2.05, 4.69) is 34.1 Å². The molecule has 10 heteroatoms. The summed E-state index contributed by atoms with van der Waals surface area (Å²) >= 11 is 1.42. The number of amides is 2. The van der Waals surface area contributed by atoms with E-state index in [1.807, 2.05) is 17.5 Å². The molecule has 2 aromatic heterocycles. The Morgan fingerprint density at radius 1 is 1.18 bits per heavy atom. The number of thiazole rings is 1. The summed E-state index contributed by atoms with van der Waals surface area (Å²) in [5.74, 6) is -0.508. The van der Waals surface area contributed by atoms with Gasteiger partial charge in [-0.05, 0) is 30.9 Å². The molecule has 0 radical (unpaired) electrons. The Morgan fingerprint density at radius 3 is 2.61 bits per heavy atom. The Kier molecular flexibility index (Phi) is 8.67. The average molecular weight is 472 g/mol. The number of benzene rings is 1. The number of aliphatic hydroxyl groups is 1. The van der Waals surface area contributed by atoms with Gasteiger partial charge in [-0.1, -0.05) is 32.4 Å². The van der Waals surface area contributed by atoms with Crippen LogP contribution in [0.4, 0.5) is 4.79 Å². The van der Waals surface area contributed by atoms with Crippen LogP contribution >= 0.6 is 11.3 Å². The Labute approximate surface area is 196 Å². The first kappa shape index (κ1) is 24.5. The second kappa shape index (κ2) is 11.7. The van der Waals surface area contributed by atoms with E-state index >= 15 is 0 Å². The van der Waals surface area contributed by atoms with Gasteiger partial charge in [0.1, 0.15) is 0 Å². The van der Waals surface area contributed by atoms with Crippen LogP contribution in [0.15, 0.2) is 41.4 Å². The van der Waals surface area contributed by atoms with Crippen LogP contribution in [-0.2, 0) is 11.2 Å². The third-order valence-corrected chi connectivity index (χ3v) is 5.96. The molecule has 3 rings (SSSR count). The van der Waals surface area contributed by atoms with Gasteiger partial charge in [0.2, 0.25) is 11.8 Å². The van der Waals surface area contributed by atoms with E-state index in [1.54, 1.807) is 17.6 Å². The number of hydrogen-bond acceptors (Lipinski definition) is 8. The summed E-state index contributed by atoms with van der Waals surface area (Å²) in [5, 5.41) is 15.5. The quantitative estimate of drug-likeness (QED) is 0.390. The number of fused-ring (bicyclic) bond motifs is 1. The molecule has 0 saturated carbocycles. The van der Waals surface area contributed by atoms with E-state index in [-0.39, 0.29) is 18.7 Å². The number of aliphatic hydroxyl groups excluding tert-OH is 1. The zero-order chi connectivity index (χ0) is 23.8. The molecule has 1 aromatic carbocycles. The molecular weight excluding hydrogens is 442 g/mol. The number of nitrogens with zero attached hydrogens (tertiary/aromatic N) is 3. The maximum atomic E-state index is 12.6. The average Bonchev–Trinajstić information content (AvgIpc) is 3.28. The number of nitrogens with two attached hydrogens (primary N) is 1. The van der Waals surface area contributed by atoms with Gasteiger partial charge in [0, 0.05) is 17.7 Å². The monoisotopic (exact) mass is 471 g/mol. The van der Waals surface area contributed by atoms with Gasteiger partial charge < -0.3 is 20.9 Å². The summed E-state index contributed by atoms with van der Waals surface area (Å²) in [6.45, 7) is 4.12. The fourth-order valence-corrected chi connectivity index (χ4v) is 4.05. The molecule has 4 N–H and O–H groups in total. The van der Waals surface area contributed by atoms with Crippen molar-refractivity contribution in [2.45, 2.75) is 51.7 Å². The predicted octanol–water partition coefficient (Wildman–Crippen LogP) is 3.07. The van der Waals surface area contributed by atoms with E-state index in [0.29, 0.717) is 29.1 Å². The van der Waals surface area contributed by atoms with Gasteiger partial charge >= 0.3 is 6.09 Å². The van der Waals surface area contributed by atoms with E-state index < -0.39 is 30.1 Å². The summed E-state index contributed by atoms with van der Waals surface area (Å²) in [4.78, 5) is 37.3. The Bertz CT molecular complexity index is 1060. The standard InChI is InChI=1S/C23H29N5O4S/c1-14(2)7-8-15(22(24)30)9-20(29)19(10-16-12-33-13-26-16)28-23(31)32-21-11-25-17-5-3-4-6-18(17)27-21/h3-6,11-15,19-20,29H,7-10H2,1-2H3,(H2,24,30)(H,28,31)/t15-,19+,20+/m1/s1. The third kappa shape index (κ3) is 7.47. The maximum Gasteiger partial charge on any atom is 0.414 e. The topological polar surface area (TPSA) is 140 Å². The van der Waals surface area contributed by atoms with E-state index in [4.69, 9.17) is 10.5 Å². The van der Waals surface area contributed by atoms with Crippen LogP contribution in [-0.4, -0.2) is 44.2 Å². The third-order valence-electron chi connectivity index (χ3n) is 5.32. The zero-order valence-corrected chi connectivity index (χ0v) is 19.5. The minimum atomic E-state index is -1.02. The lowest BCUT2D eigenvalue weighted by Crippen LogP contribution is -2.47. The van der Waals surface area contributed by atoms with Gasteiger partial charge in [-0.25, -0.2) is 19.7 Å². The van der Waals surface area contributed by atoms with Crippen LogP contribution in [0.2, 0.25) is 0 Å². The molecule has 9 nitrogen and oxygen atoms in total. The number of nitrogens with one attached hydrogen (secondary N) is 1. The molecule has 2 amide bonds. The second-order valence-corrected chi connectivity index (χ2v) is 9.11. The molecule has 0 aliphatic rings. The molecular formula is C23H29N5O4S. The van der Waals surface area contributed by atoms with Crippen LogP contribution < -0.4 is 15.8 Å². The highest BCUT2D eigenvalue weighted by molar-refractivity contribution is 7.07. The van der Waals surface area contributed by atoms with Gasteiger partial charge in [-0.15, -0.1) is 11.3 Å². The van der Waals surface area contributed by atoms with E-state index in [0.717, 1.165) is 6.42 Å². The van der Waals surface area contributed by atoms with Gasteiger partial charge in [0.25, 0.3) is 0 Å². The fourth-order valence-electron chi connectivity index (χ4n) is 3.48. The Hall–Kier alpha value is -3.11. The number of hydrogen-bond donors (Lipinski definition) is 3. The smallest absolute Gasteiger partial charge is 0.391 e. The van der Waals surface area contributed by atoms with Crippen molar-refractivity contribution in [2.75, 3.05) is 0 Å². The van der Waals surface area contributed by atoms with Crippen molar-refractivity contribution in [3.8, 4) is 5.88 Å². The van der Waals surface area contributed by atoms with Crippen molar-refractivity contribution in [3.63, 3.8) is 0 Å². The summed E-state index contributed by atoms with van der Waals surface area (Å²) in [6, 6.07) is 6.50. The molecule has 0 unspecified atom stereocenters. The predicted molar refractivity (Wildman–Crippen MR) is 126 cm³/mol. The van der Waals surface area contributed by atoms with Crippen molar-refractivity contribution in [3.05, 3.63) is 47.0 Å². The first-order valence-corrected chi connectivity index (χ1v) is 11.8. The van der Waals surface area contributed by atoms with Crippen molar-refractivity contribution in [2.24, 2.45) is 17.6 Å². The van der Waals surface area contributed by atoms with Crippen molar-refractivity contribution in [1.29, 1.82) is 0 Å². The maximum absolute atomic E-state index is 12.6. The Morgan fingerprint density at radius 2 is 1.94 bits per heavy atom. The lowest BCUT2D eigenvalue weighted by atomic mass is 9.89. The molecule has 2 heterocycles. The van der Waals surface area contributed by atoms with Gasteiger partial charge in [0.05, 0.1) is 40.6 Å². The fraction of sp³-hybridized carbons (Fsp3) is 0.435. The minimum Gasteiger partial charge on any atom is -0.391 e. The lowest BCUT2D eigenvalue weighted by molar-refractivity contribution is -0.123. The van der Waals surface area contributed by atoms with Gasteiger partial charge in [-0.2, -0.15) is 0 Å². The molecule has 0 spiro atoms. The van der Waals surface area contributed by atoms with Crippen LogP contribution in [0.25, 0.3) is 11.0 Å². The first-order valence-electron chi connectivity index (χ1n) is 10.9. The zero-order valence-electron chi connectivity index (χ0n) is 18.7. The molecule has 176 valence electrons. The molecule has 0 bridgehead atoms.